The summed E-state index contributed by atoms with van der Waals surface area (Å²) in [5.41, 5.74) is 0.869. The molecule has 5 nitrogen and oxygen atoms in total. The van der Waals surface area contributed by atoms with Crippen molar-refractivity contribution < 1.29 is 22.4 Å². The minimum atomic E-state index is -4.48. The predicted octanol–water partition coefficient (Wildman–Crippen LogP) is 3.91. The summed E-state index contributed by atoms with van der Waals surface area (Å²) in [7, 11) is 1.68. The molecule has 2 aromatic heterocycles. The summed E-state index contributed by atoms with van der Waals surface area (Å²) in [6, 6.07) is 10.8. The molecule has 0 atom stereocenters. The van der Waals surface area contributed by atoms with Crippen LogP contribution in [0.2, 0.25) is 0 Å². The highest BCUT2D eigenvalue weighted by Crippen LogP contribution is 2.23. The third kappa shape index (κ3) is 5.54. The van der Waals surface area contributed by atoms with Gasteiger partial charge in [-0.15, -0.1) is 11.3 Å². The van der Waals surface area contributed by atoms with E-state index < -0.39 is 18.6 Å². The van der Waals surface area contributed by atoms with E-state index in [0.29, 0.717) is 12.3 Å². The Kier molecular flexibility index (Phi) is 5.81. The Morgan fingerprint density at radius 3 is 2.63 bits per heavy atom. The standard InChI is InChI=1S/C18H18F3N3O2S/c1-23(10-16-22-14-6-2-3-7-15(14)27-16)11-17(25)24(12-18(19,20)21)9-13-5-4-8-26-13/h2-8H,9-12H2,1H3. The zero-order valence-electron chi connectivity index (χ0n) is 14.6. The number of aromatic nitrogens is 1. The van der Waals surface area contributed by atoms with Crippen molar-refractivity contribution in [2.45, 2.75) is 19.3 Å². The maximum atomic E-state index is 12.9. The van der Waals surface area contributed by atoms with Crippen molar-refractivity contribution in [3.05, 3.63) is 53.4 Å². The molecule has 144 valence electrons. The number of furan rings is 1. The van der Waals surface area contributed by atoms with Gasteiger partial charge in [0.05, 0.1) is 36.1 Å². The minimum absolute atomic E-state index is 0.146. The number of fused-ring (bicyclic) bond motifs is 1. The van der Waals surface area contributed by atoms with Crippen LogP contribution in [0.1, 0.15) is 10.8 Å². The largest absolute Gasteiger partial charge is 0.467 e. The summed E-state index contributed by atoms with van der Waals surface area (Å²) in [4.78, 5) is 19.3. The Labute approximate surface area is 158 Å². The van der Waals surface area contributed by atoms with E-state index in [1.165, 1.54) is 17.6 Å². The highest BCUT2D eigenvalue weighted by molar-refractivity contribution is 7.18. The molecule has 0 radical (unpaired) electrons. The van der Waals surface area contributed by atoms with Crippen molar-refractivity contribution in [2.24, 2.45) is 0 Å². The van der Waals surface area contributed by atoms with Crippen molar-refractivity contribution in [2.75, 3.05) is 20.1 Å². The molecule has 27 heavy (non-hydrogen) atoms. The average molecular weight is 397 g/mol. The Morgan fingerprint density at radius 2 is 1.96 bits per heavy atom. The van der Waals surface area contributed by atoms with Crippen molar-refractivity contribution in [1.82, 2.24) is 14.8 Å². The summed E-state index contributed by atoms with van der Waals surface area (Å²) < 4.78 is 44.7. The van der Waals surface area contributed by atoms with Gasteiger partial charge in [0.1, 0.15) is 17.3 Å². The number of nitrogens with zero attached hydrogens (tertiary/aromatic N) is 3. The molecule has 0 fully saturated rings. The van der Waals surface area contributed by atoms with E-state index in [4.69, 9.17) is 4.42 Å². The van der Waals surface area contributed by atoms with Crippen LogP contribution in [-0.4, -0.2) is 47.0 Å². The molecule has 0 aliphatic heterocycles. The van der Waals surface area contributed by atoms with Gasteiger partial charge in [-0.05, 0) is 31.3 Å². The fourth-order valence-corrected chi connectivity index (χ4v) is 3.69. The van der Waals surface area contributed by atoms with Crippen LogP contribution in [0.25, 0.3) is 10.2 Å². The third-order valence-corrected chi connectivity index (χ3v) is 4.82. The van der Waals surface area contributed by atoms with Crippen molar-refractivity contribution in [3.8, 4) is 0 Å². The van der Waals surface area contributed by atoms with Crippen LogP contribution in [0.5, 0.6) is 0 Å². The van der Waals surface area contributed by atoms with Crippen LogP contribution >= 0.6 is 11.3 Å². The monoisotopic (exact) mass is 397 g/mol. The summed E-state index contributed by atoms with van der Waals surface area (Å²) in [6.07, 6.45) is -3.11. The van der Waals surface area contributed by atoms with E-state index in [1.54, 1.807) is 24.1 Å². The molecule has 0 saturated heterocycles. The molecule has 0 unspecified atom stereocenters. The van der Waals surface area contributed by atoms with E-state index in [2.05, 4.69) is 4.98 Å². The number of likely N-dealkylation sites (N-methyl/N-ethyl adjacent to an activating group) is 1. The number of hydrogen-bond donors (Lipinski definition) is 0. The third-order valence-electron chi connectivity index (χ3n) is 3.80. The number of benzene rings is 1. The van der Waals surface area contributed by atoms with E-state index in [1.807, 2.05) is 24.3 Å². The second-order valence-electron chi connectivity index (χ2n) is 6.19. The quantitative estimate of drug-likeness (QED) is 0.607. The van der Waals surface area contributed by atoms with Gasteiger partial charge >= 0.3 is 6.18 Å². The summed E-state index contributed by atoms with van der Waals surface area (Å²) in [6.45, 7) is -1.31. The lowest BCUT2D eigenvalue weighted by Gasteiger charge is -2.25. The Balaban J connectivity index is 1.64. The lowest BCUT2D eigenvalue weighted by molar-refractivity contribution is -0.163. The van der Waals surface area contributed by atoms with Crippen molar-refractivity contribution >= 4 is 27.5 Å². The molecule has 0 N–H and O–H groups in total. The van der Waals surface area contributed by atoms with Crippen molar-refractivity contribution in [1.29, 1.82) is 0 Å². The number of rotatable bonds is 7. The number of carbonyl (C=O) groups is 1. The number of carbonyl (C=O) groups excluding carboxylic acids is 1. The fourth-order valence-electron chi connectivity index (χ4n) is 2.64. The maximum Gasteiger partial charge on any atom is 0.406 e. The van der Waals surface area contributed by atoms with Gasteiger partial charge in [-0.25, -0.2) is 4.98 Å². The lowest BCUT2D eigenvalue weighted by Crippen LogP contribution is -2.43. The molecule has 0 bridgehead atoms. The molecule has 3 rings (SSSR count). The summed E-state index contributed by atoms with van der Waals surface area (Å²) >= 11 is 1.50. The predicted molar refractivity (Wildman–Crippen MR) is 96.1 cm³/mol. The zero-order chi connectivity index (χ0) is 19.4. The maximum absolute atomic E-state index is 12.9. The van der Waals surface area contributed by atoms with Gasteiger partial charge < -0.3 is 9.32 Å². The Bertz CT molecular complexity index is 860. The van der Waals surface area contributed by atoms with Gasteiger partial charge in [0.2, 0.25) is 5.91 Å². The van der Waals surface area contributed by atoms with Crippen molar-refractivity contribution in [3.63, 3.8) is 0 Å². The molecule has 9 heteroatoms. The fraction of sp³-hybridized carbons (Fsp3) is 0.333. The SMILES string of the molecule is CN(CC(=O)N(Cc1ccco1)CC(F)(F)F)Cc1nc2ccccc2s1. The topological polar surface area (TPSA) is 49.6 Å². The first-order valence-electron chi connectivity index (χ1n) is 8.20. The number of para-hydroxylation sites is 1. The number of halogens is 3. The van der Waals surface area contributed by atoms with Gasteiger partial charge in [0.15, 0.2) is 0 Å². The molecular formula is C18H18F3N3O2S. The molecule has 1 aromatic carbocycles. The van der Waals surface area contributed by atoms with Crippen LogP contribution < -0.4 is 0 Å². The van der Waals surface area contributed by atoms with Crippen LogP contribution in [0, 0.1) is 0 Å². The molecule has 0 aliphatic rings. The van der Waals surface area contributed by atoms with Gasteiger partial charge in [-0.3, -0.25) is 9.69 Å². The smallest absolute Gasteiger partial charge is 0.406 e. The molecule has 3 aromatic rings. The second-order valence-corrected chi connectivity index (χ2v) is 7.31. The first-order chi connectivity index (χ1) is 12.8. The van der Waals surface area contributed by atoms with Crippen LogP contribution in [-0.2, 0) is 17.9 Å². The Hall–Kier alpha value is -2.39. The van der Waals surface area contributed by atoms with E-state index in [-0.39, 0.29) is 13.1 Å². The van der Waals surface area contributed by atoms with Crippen LogP contribution in [0.4, 0.5) is 13.2 Å². The van der Waals surface area contributed by atoms with Crippen LogP contribution in [0.3, 0.4) is 0 Å². The summed E-state index contributed by atoms with van der Waals surface area (Å²) in [5, 5.41) is 0.805. The second kappa shape index (κ2) is 8.10. The van der Waals surface area contributed by atoms with Gasteiger partial charge in [-0.2, -0.15) is 13.2 Å². The van der Waals surface area contributed by atoms with Gasteiger partial charge in [0, 0.05) is 0 Å². The normalized spacial score (nSPS) is 12.0. The number of alkyl halides is 3. The highest BCUT2D eigenvalue weighted by Gasteiger charge is 2.33. The molecule has 0 spiro atoms. The van der Waals surface area contributed by atoms with Gasteiger partial charge in [0.25, 0.3) is 0 Å². The lowest BCUT2D eigenvalue weighted by atomic mass is 10.3. The van der Waals surface area contributed by atoms with E-state index in [9.17, 15) is 18.0 Å². The summed E-state index contributed by atoms with van der Waals surface area (Å²) in [5.74, 6) is -0.311. The molecule has 0 saturated carbocycles. The number of hydrogen-bond acceptors (Lipinski definition) is 5. The van der Waals surface area contributed by atoms with E-state index >= 15 is 0 Å². The van der Waals surface area contributed by atoms with E-state index in [0.717, 1.165) is 20.1 Å². The van der Waals surface area contributed by atoms with Gasteiger partial charge in [-0.1, -0.05) is 12.1 Å². The highest BCUT2D eigenvalue weighted by atomic mass is 32.1. The Morgan fingerprint density at radius 1 is 1.19 bits per heavy atom. The minimum Gasteiger partial charge on any atom is -0.467 e. The molecule has 1 amide bonds. The first kappa shape index (κ1) is 19.4. The molecule has 0 aliphatic carbocycles. The first-order valence-corrected chi connectivity index (χ1v) is 9.02. The average Bonchev–Trinajstić information content (AvgIpc) is 3.21. The molecular weight excluding hydrogens is 379 g/mol. The molecule has 2 heterocycles. The zero-order valence-corrected chi connectivity index (χ0v) is 15.4. The van der Waals surface area contributed by atoms with Crippen LogP contribution in [0.15, 0.2) is 47.1 Å². The number of amides is 1. The number of thiazole rings is 1.